The van der Waals surface area contributed by atoms with Crippen LogP contribution < -0.4 is 0 Å². The van der Waals surface area contributed by atoms with Gasteiger partial charge in [0.05, 0.1) is 0 Å². The highest BCUT2D eigenvalue weighted by molar-refractivity contribution is 5.83. The van der Waals surface area contributed by atoms with Gasteiger partial charge in [0.25, 0.3) is 0 Å². The molecule has 0 spiro atoms. The molecule has 2 heteroatoms. The zero-order valence-electron chi connectivity index (χ0n) is 14.3. The maximum atomic E-state index is 12.6. The van der Waals surface area contributed by atoms with Crippen molar-refractivity contribution in [1.29, 1.82) is 0 Å². The zero-order chi connectivity index (χ0) is 15.8. The van der Waals surface area contributed by atoms with E-state index < -0.39 is 0 Å². The largest absolute Gasteiger partial charge is 0.300 e. The van der Waals surface area contributed by atoms with Gasteiger partial charge < -0.3 is 4.90 Å². The van der Waals surface area contributed by atoms with Gasteiger partial charge in [-0.05, 0) is 50.8 Å². The highest BCUT2D eigenvalue weighted by Gasteiger charge is 2.29. The van der Waals surface area contributed by atoms with Crippen LogP contribution in [0, 0.1) is 5.92 Å². The Bertz CT molecular complexity index is 436. The number of Topliss-reactive ketones (excluding diaryl/α,β-unsaturated/α-hetero) is 1. The van der Waals surface area contributed by atoms with Crippen molar-refractivity contribution < 1.29 is 4.79 Å². The lowest BCUT2D eigenvalue weighted by Crippen LogP contribution is -2.41. The average Bonchev–Trinajstić information content (AvgIpc) is 2.56. The van der Waals surface area contributed by atoms with Crippen LogP contribution in [0.25, 0.3) is 0 Å². The Labute approximate surface area is 135 Å². The van der Waals surface area contributed by atoms with Crippen LogP contribution in [0.5, 0.6) is 0 Å². The first kappa shape index (κ1) is 17.2. The van der Waals surface area contributed by atoms with Gasteiger partial charge in [-0.25, -0.2) is 0 Å². The maximum Gasteiger partial charge on any atom is 0.140 e. The number of nitrogens with zero attached hydrogens (tertiary/aromatic N) is 1. The Morgan fingerprint density at radius 1 is 1.09 bits per heavy atom. The fraction of sp³-hybridized carbons (Fsp3) is 0.650. The van der Waals surface area contributed by atoms with E-state index in [0.717, 1.165) is 18.4 Å². The quantitative estimate of drug-likeness (QED) is 0.705. The molecule has 0 saturated heterocycles. The minimum absolute atomic E-state index is 0.273. The molecule has 1 fully saturated rings. The molecule has 22 heavy (non-hydrogen) atoms. The molecule has 2 rings (SSSR count). The fourth-order valence-corrected chi connectivity index (χ4v) is 3.78. The van der Waals surface area contributed by atoms with Crippen LogP contribution in [0.3, 0.4) is 0 Å². The summed E-state index contributed by atoms with van der Waals surface area (Å²) in [4.78, 5) is 15.3. The molecule has 2 nitrogen and oxygen atoms in total. The van der Waals surface area contributed by atoms with E-state index in [0.29, 0.717) is 18.2 Å². The average molecular weight is 301 g/mol. The smallest absolute Gasteiger partial charge is 0.140 e. The first-order chi connectivity index (χ1) is 10.7. The van der Waals surface area contributed by atoms with E-state index >= 15 is 0 Å². The molecule has 0 aromatic heterocycles. The summed E-state index contributed by atoms with van der Waals surface area (Å²) in [6.45, 7) is 6.86. The van der Waals surface area contributed by atoms with E-state index in [1.807, 2.05) is 18.2 Å². The molecule has 122 valence electrons. The van der Waals surface area contributed by atoms with E-state index in [1.54, 1.807) is 0 Å². The Hall–Kier alpha value is -1.15. The number of rotatable bonds is 8. The Kier molecular flexibility index (Phi) is 7.11. The molecule has 1 aliphatic rings. The summed E-state index contributed by atoms with van der Waals surface area (Å²) in [5, 5.41) is 0. The topological polar surface area (TPSA) is 20.3 Å². The van der Waals surface area contributed by atoms with Crippen LogP contribution in [0.15, 0.2) is 30.3 Å². The fourth-order valence-electron chi connectivity index (χ4n) is 3.78. The van der Waals surface area contributed by atoms with E-state index in [-0.39, 0.29) is 5.92 Å². The van der Waals surface area contributed by atoms with Gasteiger partial charge in [-0.15, -0.1) is 0 Å². The van der Waals surface area contributed by atoms with Gasteiger partial charge in [0.15, 0.2) is 0 Å². The second-order valence-electron chi connectivity index (χ2n) is 6.68. The molecule has 1 aromatic carbocycles. The molecule has 2 unspecified atom stereocenters. The molecule has 1 aromatic rings. The van der Waals surface area contributed by atoms with Crippen molar-refractivity contribution in [3.8, 4) is 0 Å². The molecular formula is C20H31NO. The lowest BCUT2D eigenvalue weighted by atomic mass is 9.81. The number of carbonyl (C=O) groups excluding carboxylic acids is 1. The summed E-state index contributed by atoms with van der Waals surface area (Å²) >= 11 is 0. The third kappa shape index (κ3) is 4.95. The Balaban J connectivity index is 1.92. The summed E-state index contributed by atoms with van der Waals surface area (Å²) in [5.41, 5.74) is 1.16. The maximum absolute atomic E-state index is 12.6. The van der Waals surface area contributed by atoms with E-state index in [2.05, 4.69) is 30.9 Å². The normalized spacial score (nSPS) is 22.0. The van der Waals surface area contributed by atoms with Gasteiger partial charge in [-0.3, -0.25) is 4.79 Å². The van der Waals surface area contributed by atoms with Gasteiger partial charge in [0.2, 0.25) is 0 Å². The van der Waals surface area contributed by atoms with Crippen LogP contribution in [-0.2, 0) is 11.2 Å². The van der Waals surface area contributed by atoms with Crippen molar-refractivity contribution in [2.75, 3.05) is 13.1 Å². The molecule has 0 bridgehead atoms. The first-order valence-electron chi connectivity index (χ1n) is 9.05. The monoisotopic (exact) mass is 301 g/mol. The van der Waals surface area contributed by atoms with Gasteiger partial charge in [-0.1, -0.05) is 50.6 Å². The van der Waals surface area contributed by atoms with Crippen LogP contribution >= 0.6 is 0 Å². The Morgan fingerprint density at radius 2 is 1.77 bits per heavy atom. The second-order valence-corrected chi connectivity index (χ2v) is 6.68. The summed E-state index contributed by atoms with van der Waals surface area (Å²) in [6.07, 6.45) is 7.67. The van der Waals surface area contributed by atoms with Crippen LogP contribution in [0.4, 0.5) is 0 Å². The summed E-state index contributed by atoms with van der Waals surface area (Å²) in [7, 11) is 0. The lowest BCUT2D eigenvalue weighted by Gasteiger charge is -2.37. The molecule has 0 radical (unpaired) electrons. The number of hydrogen-bond acceptors (Lipinski definition) is 2. The predicted octanol–water partition coefficient (Wildman–Crippen LogP) is 4.48. The molecule has 1 aliphatic carbocycles. The molecule has 0 N–H and O–H groups in total. The van der Waals surface area contributed by atoms with Crippen molar-refractivity contribution >= 4 is 5.78 Å². The van der Waals surface area contributed by atoms with Gasteiger partial charge in [0.1, 0.15) is 5.78 Å². The lowest BCUT2D eigenvalue weighted by molar-refractivity contribution is -0.123. The standard InChI is InChI=1S/C20H31NO/c1-3-13-21(14-4-2)19-12-8-11-18(16-19)20(22)15-17-9-6-5-7-10-17/h5-7,9-10,18-19H,3-4,8,11-16H2,1-2H3. The SMILES string of the molecule is CCCN(CCC)C1CCCC(C(=O)Cc2ccccc2)C1. The highest BCUT2D eigenvalue weighted by Crippen LogP contribution is 2.29. The van der Waals surface area contributed by atoms with E-state index in [1.165, 1.54) is 38.8 Å². The molecule has 0 aliphatic heterocycles. The van der Waals surface area contributed by atoms with Crippen LogP contribution in [0.2, 0.25) is 0 Å². The first-order valence-corrected chi connectivity index (χ1v) is 9.05. The van der Waals surface area contributed by atoms with Gasteiger partial charge >= 0.3 is 0 Å². The summed E-state index contributed by atoms with van der Waals surface area (Å²) in [5.74, 6) is 0.721. The third-order valence-electron chi connectivity index (χ3n) is 4.86. The van der Waals surface area contributed by atoms with Crippen molar-refractivity contribution in [1.82, 2.24) is 4.90 Å². The highest BCUT2D eigenvalue weighted by atomic mass is 16.1. The Morgan fingerprint density at radius 3 is 2.41 bits per heavy atom. The van der Waals surface area contributed by atoms with Crippen molar-refractivity contribution in [3.05, 3.63) is 35.9 Å². The molecule has 1 saturated carbocycles. The second kappa shape index (κ2) is 9.09. The van der Waals surface area contributed by atoms with Gasteiger partial charge in [-0.2, -0.15) is 0 Å². The third-order valence-corrected chi connectivity index (χ3v) is 4.86. The van der Waals surface area contributed by atoms with E-state index in [9.17, 15) is 4.79 Å². The van der Waals surface area contributed by atoms with Crippen LogP contribution in [0.1, 0.15) is 57.9 Å². The number of benzene rings is 1. The molecular weight excluding hydrogens is 270 g/mol. The molecule has 0 heterocycles. The number of ketones is 1. The number of hydrogen-bond donors (Lipinski definition) is 0. The minimum Gasteiger partial charge on any atom is -0.300 e. The van der Waals surface area contributed by atoms with E-state index in [4.69, 9.17) is 0 Å². The van der Waals surface area contributed by atoms with Crippen molar-refractivity contribution in [3.63, 3.8) is 0 Å². The minimum atomic E-state index is 0.273. The number of carbonyl (C=O) groups is 1. The van der Waals surface area contributed by atoms with Gasteiger partial charge in [0, 0.05) is 18.4 Å². The predicted molar refractivity (Wildman–Crippen MR) is 93.1 cm³/mol. The van der Waals surface area contributed by atoms with Crippen molar-refractivity contribution in [2.45, 2.75) is 64.8 Å². The summed E-state index contributed by atoms with van der Waals surface area (Å²) in [6, 6.07) is 10.8. The molecule has 0 amide bonds. The van der Waals surface area contributed by atoms with Crippen molar-refractivity contribution in [2.24, 2.45) is 5.92 Å². The van der Waals surface area contributed by atoms with Crippen LogP contribution in [-0.4, -0.2) is 29.8 Å². The zero-order valence-corrected chi connectivity index (χ0v) is 14.3. The molecule has 2 atom stereocenters. The summed E-state index contributed by atoms with van der Waals surface area (Å²) < 4.78 is 0.